The molecule has 0 saturated carbocycles. The number of hydrogen-bond acceptors (Lipinski definition) is 4. The summed E-state index contributed by atoms with van der Waals surface area (Å²) in [5, 5.41) is 10.9. The Morgan fingerprint density at radius 1 is 1.47 bits per heavy atom. The van der Waals surface area contributed by atoms with Crippen LogP contribution in [0.4, 0.5) is 0 Å². The van der Waals surface area contributed by atoms with Gasteiger partial charge in [0.05, 0.1) is 6.42 Å². The molecule has 0 bridgehead atoms. The third kappa shape index (κ3) is 5.38. The van der Waals surface area contributed by atoms with Gasteiger partial charge in [0.15, 0.2) is 4.67 Å². The van der Waals surface area contributed by atoms with Crippen LogP contribution >= 0.6 is 15.9 Å². The summed E-state index contributed by atoms with van der Waals surface area (Å²) in [6.45, 7) is 0. The number of amides is 2. The number of carbonyl (C=O) groups excluding carboxylic acids is 2. The molecular formula is C11H11BrN2O5. The zero-order valence-electron chi connectivity index (χ0n) is 9.63. The summed E-state index contributed by atoms with van der Waals surface area (Å²) in [5.74, 6) is -2.39. The molecule has 0 spiro atoms. The standard InChI is InChI=1S/C11H11BrN2O5/c12-8-3-1-6(19-8)2-4-10(16)14-7(11(17)18)5-9(13)15/h1-4,7H,5H2,(H2,13,15)(H,14,16)(H,17,18)/t7-/m0/s1. The number of halogens is 1. The minimum absolute atomic E-state index is 0.420. The Kier molecular flexibility index (Phi) is 5.31. The molecule has 1 rings (SSSR count). The number of aliphatic carboxylic acids is 1. The first-order valence-electron chi connectivity index (χ1n) is 5.13. The van der Waals surface area contributed by atoms with E-state index in [0.717, 1.165) is 6.08 Å². The predicted octanol–water partition coefficient (Wildman–Crippen LogP) is 0.500. The summed E-state index contributed by atoms with van der Waals surface area (Å²) in [4.78, 5) is 32.9. The lowest BCUT2D eigenvalue weighted by atomic mass is 10.2. The number of rotatable bonds is 6. The number of nitrogens with two attached hydrogens (primary N) is 1. The molecule has 1 heterocycles. The average Bonchev–Trinajstić information content (AvgIpc) is 2.71. The largest absolute Gasteiger partial charge is 0.480 e. The van der Waals surface area contributed by atoms with E-state index in [9.17, 15) is 14.4 Å². The van der Waals surface area contributed by atoms with Gasteiger partial charge in [0.2, 0.25) is 11.8 Å². The molecule has 0 unspecified atom stereocenters. The summed E-state index contributed by atoms with van der Waals surface area (Å²) in [6, 6.07) is 1.91. The second kappa shape index (κ2) is 6.74. The van der Waals surface area contributed by atoms with Crippen molar-refractivity contribution in [2.24, 2.45) is 5.73 Å². The van der Waals surface area contributed by atoms with Crippen LogP contribution in [-0.2, 0) is 14.4 Å². The molecule has 0 fully saturated rings. The van der Waals surface area contributed by atoms with E-state index in [4.69, 9.17) is 15.3 Å². The third-order valence-corrected chi connectivity index (χ3v) is 2.44. The highest BCUT2D eigenvalue weighted by molar-refractivity contribution is 9.10. The van der Waals surface area contributed by atoms with Crippen LogP contribution in [0.1, 0.15) is 12.2 Å². The minimum Gasteiger partial charge on any atom is -0.480 e. The van der Waals surface area contributed by atoms with Crippen molar-refractivity contribution in [3.63, 3.8) is 0 Å². The lowest BCUT2D eigenvalue weighted by Crippen LogP contribution is -2.42. The Balaban J connectivity index is 2.60. The number of carboxylic acid groups (broad SMARTS) is 1. The van der Waals surface area contributed by atoms with E-state index in [0.29, 0.717) is 10.4 Å². The van der Waals surface area contributed by atoms with Crippen molar-refractivity contribution in [3.05, 3.63) is 28.6 Å². The van der Waals surface area contributed by atoms with Crippen molar-refractivity contribution < 1.29 is 23.9 Å². The fourth-order valence-corrected chi connectivity index (χ4v) is 1.52. The number of furan rings is 1. The fraction of sp³-hybridized carbons (Fsp3) is 0.182. The summed E-state index contributed by atoms with van der Waals surface area (Å²) < 4.78 is 5.61. The highest BCUT2D eigenvalue weighted by atomic mass is 79.9. The van der Waals surface area contributed by atoms with Gasteiger partial charge in [-0.2, -0.15) is 0 Å². The van der Waals surface area contributed by atoms with Crippen LogP contribution in [0.15, 0.2) is 27.3 Å². The Morgan fingerprint density at radius 2 is 2.16 bits per heavy atom. The topological polar surface area (TPSA) is 123 Å². The van der Waals surface area contributed by atoms with Gasteiger partial charge >= 0.3 is 5.97 Å². The highest BCUT2D eigenvalue weighted by Gasteiger charge is 2.20. The van der Waals surface area contributed by atoms with Crippen LogP contribution in [0.2, 0.25) is 0 Å². The predicted molar refractivity (Wildman–Crippen MR) is 68.8 cm³/mol. The minimum atomic E-state index is -1.35. The van der Waals surface area contributed by atoms with Gasteiger partial charge in [0.25, 0.3) is 0 Å². The van der Waals surface area contributed by atoms with Crippen molar-refractivity contribution in [2.45, 2.75) is 12.5 Å². The van der Waals surface area contributed by atoms with Crippen LogP contribution in [0, 0.1) is 0 Å². The van der Waals surface area contributed by atoms with E-state index >= 15 is 0 Å². The molecule has 1 aromatic rings. The first kappa shape index (κ1) is 15.0. The van der Waals surface area contributed by atoms with E-state index in [-0.39, 0.29) is 0 Å². The summed E-state index contributed by atoms with van der Waals surface area (Å²) in [7, 11) is 0. The molecule has 0 aromatic carbocycles. The fourth-order valence-electron chi connectivity index (χ4n) is 1.20. The van der Waals surface area contributed by atoms with Crippen LogP contribution in [0.25, 0.3) is 6.08 Å². The molecule has 1 atom stereocenters. The highest BCUT2D eigenvalue weighted by Crippen LogP contribution is 2.14. The lowest BCUT2D eigenvalue weighted by Gasteiger charge is -2.10. The number of nitrogens with one attached hydrogen (secondary N) is 1. The maximum absolute atomic E-state index is 11.5. The van der Waals surface area contributed by atoms with Gasteiger partial charge in [-0.15, -0.1) is 0 Å². The molecule has 2 amide bonds. The number of carbonyl (C=O) groups is 3. The summed E-state index contributed by atoms with van der Waals surface area (Å²) >= 11 is 3.10. The molecule has 7 nitrogen and oxygen atoms in total. The first-order chi connectivity index (χ1) is 8.88. The van der Waals surface area contributed by atoms with E-state index in [1.165, 1.54) is 6.08 Å². The van der Waals surface area contributed by atoms with E-state index in [2.05, 4.69) is 21.2 Å². The average molecular weight is 331 g/mol. The van der Waals surface area contributed by atoms with Crippen molar-refractivity contribution in [1.82, 2.24) is 5.32 Å². The van der Waals surface area contributed by atoms with Gasteiger partial charge in [0, 0.05) is 6.08 Å². The first-order valence-corrected chi connectivity index (χ1v) is 5.93. The molecule has 8 heteroatoms. The number of hydrogen-bond donors (Lipinski definition) is 3. The molecule has 0 radical (unpaired) electrons. The molecule has 1 aromatic heterocycles. The maximum atomic E-state index is 11.5. The van der Waals surface area contributed by atoms with Crippen molar-refractivity contribution in [2.75, 3.05) is 0 Å². The second-order valence-electron chi connectivity index (χ2n) is 3.55. The molecule has 0 saturated heterocycles. The Hall–Kier alpha value is -2.09. The Bertz CT molecular complexity index is 523. The van der Waals surface area contributed by atoms with E-state index in [1.807, 2.05) is 0 Å². The van der Waals surface area contributed by atoms with Gasteiger partial charge in [-0.3, -0.25) is 9.59 Å². The van der Waals surface area contributed by atoms with Crippen LogP contribution in [-0.4, -0.2) is 28.9 Å². The molecular weight excluding hydrogens is 320 g/mol. The van der Waals surface area contributed by atoms with Crippen LogP contribution < -0.4 is 11.1 Å². The van der Waals surface area contributed by atoms with Crippen molar-refractivity contribution in [3.8, 4) is 0 Å². The Labute approximate surface area is 116 Å². The quantitative estimate of drug-likeness (QED) is 0.655. The van der Waals surface area contributed by atoms with Gasteiger partial charge in [-0.25, -0.2) is 4.79 Å². The van der Waals surface area contributed by atoms with Crippen molar-refractivity contribution >= 4 is 39.8 Å². The van der Waals surface area contributed by atoms with E-state index < -0.39 is 30.2 Å². The zero-order valence-corrected chi connectivity index (χ0v) is 11.2. The monoisotopic (exact) mass is 330 g/mol. The smallest absolute Gasteiger partial charge is 0.326 e. The molecule has 0 aliphatic rings. The number of carboxylic acids is 1. The summed E-state index contributed by atoms with van der Waals surface area (Å²) in [6.07, 6.45) is 1.99. The molecule has 102 valence electrons. The van der Waals surface area contributed by atoms with E-state index in [1.54, 1.807) is 12.1 Å². The normalized spacial score (nSPS) is 12.3. The van der Waals surface area contributed by atoms with Crippen LogP contribution in [0.3, 0.4) is 0 Å². The van der Waals surface area contributed by atoms with Gasteiger partial charge in [-0.1, -0.05) is 0 Å². The zero-order chi connectivity index (χ0) is 14.4. The Morgan fingerprint density at radius 3 is 2.63 bits per heavy atom. The molecule has 19 heavy (non-hydrogen) atoms. The summed E-state index contributed by atoms with van der Waals surface area (Å²) in [5.41, 5.74) is 4.88. The molecule has 4 N–H and O–H groups in total. The number of primary amides is 1. The third-order valence-electron chi connectivity index (χ3n) is 2.01. The van der Waals surface area contributed by atoms with Gasteiger partial charge < -0.3 is 20.6 Å². The van der Waals surface area contributed by atoms with Crippen molar-refractivity contribution in [1.29, 1.82) is 0 Å². The van der Waals surface area contributed by atoms with Gasteiger partial charge in [0.1, 0.15) is 11.8 Å². The van der Waals surface area contributed by atoms with Crippen LogP contribution in [0.5, 0.6) is 0 Å². The second-order valence-corrected chi connectivity index (χ2v) is 4.33. The molecule has 0 aliphatic heterocycles. The maximum Gasteiger partial charge on any atom is 0.326 e. The molecule has 0 aliphatic carbocycles. The van der Waals surface area contributed by atoms with Gasteiger partial charge in [-0.05, 0) is 34.1 Å². The SMILES string of the molecule is NC(=O)C[C@H](NC(=O)C=Cc1ccc(Br)o1)C(=O)O. The lowest BCUT2D eigenvalue weighted by molar-refractivity contribution is -0.142.